The first-order valence-electron chi connectivity index (χ1n) is 5.28. The molecule has 0 radical (unpaired) electrons. The number of nitrogens with two attached hydrogens (primary N) is 1. The Kier molecular flexibility index (Phi) is 3.04. The van der Waals surface area contributed by atoms with Crippen molar-refractivity contribution in [1.29, 1.82) is 0 Å². The average molecular weight is 203 g/mol. The van der Waals surface area contributed by atoms with Crippen LogP contribution >= 0.6 is 0 Å². The van der Waals surface area contributed by atoms with Gasteiger partial charge >= 0.3 is 0 Å². The van der Waals surface area contributed by atoms with Crippen LogP contribution < -0.4 is 11.1 Å². The summed E-state index contributed by atoms with van der Waals surface area (Å²) in [5.41, 5.74) is 8.16. The molecule has 1 heterocycles. The van der Waals surface area contributed by atoms with E-state index in [1.54, 1.807) is 0 Å². The number of benzene rings is 1. The van der Waals surface area contributed by atoms with E-state index < -0.39 is 0 Å². The minimum atomic E-state index is 0.204. The van der Waals surface area contributed by atoms with Crippen LogP contribution in [0.1, 0.15) is 12.5 Å². The maximum Gasteiger partial charge on any atom is 0.0457 e. The second kappa shape index (κ2) is 4.47. The second-order valence-electron chi connectivity index (χ2n) is 3.97. The number of aromatic amines is 1. The minimum Gasteiger partial charge on any atom is -0.361 e. The highest BCUT2D eigenvalue weighted by Gasteiger charge is 2.02. The second-order valence-corrected chi connectivity index (χ2v) is 3.97. The van der Waals surface area contributed by atoms with E-state index in [2.05, 4.69) is 34.7 Å². The number of rotatable bonds is 4. The van der Waals surface area contributed by atoms with E-state index in [-0.39, 0.29) is 6.04 Å². The van der Waals surface area contributed by atoms with Crippen molar-refractivity contribution in [2.75, 3.05) is 6.54 Å². The molecule has 0 fully saturated rings. The van der Waals surface area contributed by atoms with Crippen molar-refractivity contribution in [2.24, 2.45) is 5.73 Å². The van der Waals surface area contributed by atoms with Gasteiger partial charge < -0.3 is 16.0 Å². The number of fused-ring (bicyclic) bond motifs is 1. The maximum absolute atomic E-state index is 5.67. The molecule has 0 saturated carbocycles. The predicted octanol–water partition coefficient (Wildman–Crippen LogP) is 1.60. The van der Waals surface area contributed by atoms with Crippen LogP contribution in [0, 0.1) is 0 Å². The van der Waals surface area contributed by atoms with Gasteiger partial charge in [0, 0.05) is 36.2 Å². The lowest BCUT2D eigenvalue weighted by atomic mass is 10.2. The first-order chi connectivity index (χ1) is 7.27. The molecule has 1 unspecified atom stereocenters. The van der Waals surface area contributed by atoms with E-state index in [9.17, 15) is 0 Å². The first-order valence-corrected chi connectivity index (χ1v) is 5.28. The SMILES string of the molecule is CC(N)CNCc1c[nH]c2ccccc12. The Bertz CT molecular complexity index is 431. The van der Waals surface area contributed by atoms with Crippen molar-refractivity contribution in [3.8, 4) is 0 Å². The summed E-state index contributed by atoms with van der Waals surface area (Å²) in [5, 5.41) is 4.62. The highest BCUT2D eigenvalue weighted by atomic mass is 14.9. The summed E-state index contributed by atoms with van der Waals surface area (Å²) in [4.78, 5) is 3.26. The summed E-state index contributed by atoms with van der Waals surface area (Å²) in [6.07, 6.45) is 2.05. The van der Waals surface area contributed by atoms with E-state index in [1.165, 1.54) is 16.5 Å². The standard InChI is InChI=1S/C12H17N3/c1-9(13)6-14-7-10-8-15-12-5-3-2-4-11(10)12/h2-5,8-9,14-15H,6-7,13H2,1H3. The van der Waals surface area contributed by atoms with E-state index in [0.717, 1.165) is 13.1 Å². The molecule has 15 heavy (non-hydrogen) atoms. The summed E-state index contributed by atoms with van der Waals surface area (Å²) in [6.45, 7) is 3.72. The third-order valence-corrected chi connectivity index (χ3v) is 2.46. The van der Waals surface area contributed by atoms with Crippen LogP contribution in [-0.2, 0) is 6.54 Å². The fourth-order valence-electron chi connectivity index (χ4n) is 1.71. The van der Waals surface area contributed by atoms with Gasteiger partial charge in [-0.1, -0.05) is 18.2 Å². The summed E-state index contributed by atoms with van der Waals surface area (Å²) in [7, 11) is 0. The molecule has 1 aromatic heterocycles. The molecule has 3 nitrogen and oxygen atoms in total. The molecule has 2 rings (SSSR count). The number of para-hydroxylation sites is 1. The van der Waals surface area contributed by atoms with Gasteiger partial charge in [0.15, 0.2) is 0 Å². The van der Waals surface area contributed by atoms with Crippen molar-refractivity contribution in [3.05, 3.63) is 36.0 Å². The predicted molar refractivity (Wildman–Crippen MR) is 63.7 cm³/mol. The third-order valence-electron chi connectivity index (χ3n) is 2.46. The Hall–Kier alpha value is -1.32. The van der Waals surface area contributed by atoms with Gasteiger partial charge in [-0.25, -0.2) is 0 Å². The molecule has 0 saturated heterocycles. The fraction of sp³-hybridized carbons (Fsp3) is 0.333. The molecule has 0 aliphatic carbocycles. The van der Waals surface area contributed by atoms with Gasteiger partial charge in [-0.2, -0.15) is 0 Å². The van der Waals surface area contributed by atoms with Crippen LogP contribution in [0.2, 0.25) is 0 Å². The van der Waals surface area contributed by atoms with Gasteiger partial charge in [0.2, 0.25) is 0 Å². The van der Waals surface area contributed by atoms with Crippen LogP contribution in [0.15, 0.2) is 30.5 Å². The van der Waals surface area contributed by atoms with Gasteiger partial charge in [0.1, 0.15) is 0 Å². The Morgan fingerprint density at radius 2 is 2.20 bits per heavy atom. The molecule has 3 heteroatoms. The van der Waals surface area contributed by atoms with Crippen LogP contribution in [0.4, 0.5) is 0 Å². The molecule has 1 aromatic carbocycles. The Balaban J connectivity index is 2.08. The quantitative estimate of drug-likeness (QED) is 0.707. The summed E-state index contributed by atoms with van der Waals surface area (Å²) < 4.78 is 0. The van der Waals surface area contributed by atoms with E-state index in [0.29, 0.717) is 0 Å². The zero-order valence-corrected chi connectivity index (χ0v) is 8.96. The molecule has 2 aromatic rings. The van der Waals surface area contributed by atoms with E-state index in [4.69, 9.17) is 5.73 Å². The van der Waals surface area contributed by atoms with Crippen LogP contribution in [0.5, 0.6) is 0 Å². The zero-order chi connectivity index (χ0) is 10.7. The smallest absolute Gasteiger partial charge is 0.0457 e. The van der Waals surface area contributed by atoms with Crippen molar-refractivity contribution >= 4 is 10.9 Å². The van der Waals surface area contributed by atoms with Gasteiger partial charge in [0.25, 0.3) is 0 Å². The highest BCUT2D eigenvalue weighted by molar-refractivity contribution is 5.82. The average Bonchev–Trinajstić information content (AvgIpc) is 2.62. The number of H-pyrrole nitrogens is 1. The molecular weight excluding hydrogens is 186 g/mol. The molecular formula is C12H17N3. The zero-order valence-electron chi connectivity index (χ0n) is 8.96. The fourth-order valence-corrected chi connectivity index (χ4v) is 1.71. The van der Waals surface area contributed by atoms with Gasteiger partial charge in [-0.3, -0.25) is 0 Å². The van der Waals surface area contributed by atoms with E-state index in [1.807, 2.05) is 13.0 Å². The molecule has 0 spiro atoms. The molecule has 0 aliphatic rings. The Morgan fingerprint density at radius 3 is 3.00 bits per heavy atom. The lowest BCUT2D eigenvalue weighted by Crippen LogP contribution is -2.30. The number of hydrogen-bond acceptors (Lipinski definition) is 2. The number of hydrogen-bond donors (Lipinski definition) is 3. The topological polar surface area (TPSA) is 53.8 Å². The minimum absolute atomic E-state index is 0.204. The van der Waals surface area contributed by atoms with Crippen molar-refractivity contribution in [1.82, 2.24) is 10.3 Å². The third kappa shape index (κ3) is 2.37. The van der Waals surface area contributed by atoms with Gasteiger partial charge in [-0.05, 0) is 18.6 Å². The maximum atomic E-state index is 5.67. The molecule has 1 atom stereocenters. The molecule has 0 aliphatic heterocycles. The monoisotopic (exact) mass is 203 g/mol. The number of aromatic nitrogens is 1. The normalized spacial score (nSPS) is 13.2. The van der Waals surface area contributed by atoms with Gasteiger partial charge in [-0.15, -0.1) is 0 Å². The molecule has 80 valence electrons. The highest BCUT2D eigenvalue weighted by Crippen LogP contribution is 2.16. The summed E-state index contributed by atoms with van der Waals surface area (Å²) in [5.74, 6) is 0. The van der Waals surface area contributed by atoms with Crippen LogP contribution in [0.3, 0.4) is 0 Å². The first kappa shape index (κ1) is 10.2. The largest absolute Gasteiger partial charge is 0.361 e. The van der Waals surface area contributed by atoms with Gasteiger partial charge in [0.05, 0.1) is 0 Å². The van der Waals surface area contributed by atoms with Crippen molar-refractivity contribution in [2.45, 2.75) is 19.5 Å². The van der Waals surface area contributed by atoms with E-state index >= 15 is 0 Å². The summed E-state index contributed by atoms with van der Waals surface area (Å²) in [6, 6.07) is 8.53. The van der Waals surface area contributed by atoms with Crippen LogP contribution in [0.25, 0.3) is 10.9 Å². The van der Waals surface area contributed by atoms with Crippen molar-refractivity contribution < 1.29 is 0 Å². The Morgan fingerprint density at radius 1 is 1.40 bits per heavy atom. The molecule has 0 amide bonds. The van der Waals surface area contributed by atoms with Crippen molar-refractivity contribution in [3.63, 3.8) is 0 Å². The number of nitrogens with one attached hydrogen (secondary N) is 2. The molecule has 4 N–H and O–H groups in total. The lowest BCUT2D eigenvalue weighted by Gasteiger charge is -2.06. The lowest BCUT2D eigenvalue weighted by molar-refractivity contribution is 0.610. The Labute approximate surface area is 89.7 Å². The summed E-state index contributed by atoms with van der Waals surface area (Å²) >= 11 is 0. The molecule has 0 bridgehead atoms. The van der Waals surface area contributed by atoms with Crippen LogP contribution in [-0.4, -0.2) is 17.6 Å².